The fourth-order valence-electron chi connectivity index (χ4n) is 1.44. The molecule has 0 unspecified atom stereocenters. The number of carboxylic acids is 1. The molecule has 0 aromatic rings. The summed E-state index contributed by atoms with van der Waals surface area (Å²) in [4.78, 5) is 23.3. The highest BCUT2D eigenvalue weighted by atomic mass is 32.2. The lowest BCUT2D eigenvalue weighted by Gasteiger charge is -2.27. The van der Waals surface area contributed by atoms with Crippen LogP contribution in [0, 0.1) is 0 Å². The molecule has 0 aromatic carbocycles. The van der Waals surface area contributed by atoms with Gasteiger partial charge in [-0.3, -0.25) is 9.69 Å². The molecule has 0 saturated carbocycles. The highest BCUT2D eigenvalue weighted by Crippen LogP contribution is 2.46. The third kappa shape index (κ3) is 4.10. The maximum atomic E-state index is 11.0. The van der Waals surface area contributed by atoms with E-state index in [0.717, 1.165) is 4.91 Å². The fourth-order valence-corrected chi connectivity index (χ4v) is 2.71. The van der Waals surface area contributed by atoms with Gasteiger partial charge in [-0.2, -0.15) is 0 Å². The molecule has 0 radical (unpaired) electrons. The normalized spacial score (nSPS) is 17.0. The van der Waals surface area contributed by atoms with Crippen molar-refractivity contribution in [2.45, 2.75) is 39.0 Å². The van der Waals surface area contributed by atoms with E-state index in [2.05, 4.69) is 6.58 Å². The number of allylic oxidation sites excluding steroid dienone is 2. The van der Waals surface area contributed by atoms with Gasteiger partial charge in [-0.25, -0.2) is 4.79 Å². The first kappa shape index (κ1) is 16.6. The van der Waals surface area contributed by atoms with Gasteiger partial charge in [0.1, 0.15) is 5.70 Å². The third-order valence-electron chi connectivity index (χ3n) is 2.09. The highest BCUT2D eigenvalue weighted by molar-refractivity contribution is 8.04. The van der Waals surface area contributed by atoms with Crippen LogP contribution in [0.15, 0.2) is 22.9 Å². The summed E-state index contributed by atoms with van der Waals surface area (Å²) < 4.78 is 0. The molecule has 0 aromatic heterocycles. The van der Waals surface area contributed by atoms with E-state index < -0.39 is 10.8 Å². The van der Waals surface area contributed by atoms with E-state index >= 15 is 0 Å². The Morgan fingerprint density at radius 3 is 2.33 bits per heavy atom. The molecule has 1 aliphatic heterocycles. The van der Waals surface area contributed by atoms with Crippen molar-refractivity contribution in [3.63, 3.8) is 0 Å². The van der Waals surface area contributed by atoms with Crippen LogP contribution < -0.4 is 5.11 Å². The number of carbonyl (C=O) groups is 2. The maximum absolute atomic E-state index is 11.0. The summed E-state index contributed by atoms with van der Waals surface area (Å²) in [7, 11) is 0. The minimum absolute atomic E-state index is 0.0833. The molecule has 0 spiro atoms. The fraction of sp³-hybridized carbons (Fsp3) is 0.500. The number of amides is 1. The van der Waals surface area contributed by atoms with E-state index in [1.54, 1.807) is 0 Å². The largest absolute Gasteiger partial charge is 0.876 e. The lowest BCUT2D eigenvalue weighted by Crippen LogP contribution is -2.37. The molecule has 5 nitrogen and oxygen atoms in total. The van der Waals surface area contributed by atoms with Gasteiger partial charge in [-0.1, -0.05) is 25.6 Å². The Hall–Kier alpha value is -1.43. The Kier molecular flexibility index (Phi) is 5.97. The molecular weight excluding hydrogens is 254 g/mol. The van der Waals surface area contributed by atoms with Gasteiger partial charge in [0, 0.05) is 4.91 Å². The van der Waals surface area contributed by atoms with Gasteiger partial charge < -0.3 is 10.2 Å². The predicted octanol–water partition coefficient (Wildman–Crippen LogP) is 1.51. The number of thioether (sulfide) groups is 1. The molecular formula is C12H18NO4S-. The zero-order chi connectivity index (χ0) is 14.5. The second kappa shape index (κ2) is 6.49. The average molecular weight is 272 g/mol. The number of rotatable bonds is 3. The first-order chi connectivity index (χ1) is 8.17. The SMILES string of the molecule is C=C(C)[O-].CCC1=C(C(=O)O)N(C=O)C(C)(C)S1. The molecule has 0 fully saturated rings. The summed E-state index contributed by atoms with van der Waals surface area (Å²) >= 11 is 1.43. The molecule has 1 heterocycles. The Labute approximate surface area is 111 Å². The van der Waals surface area contributed by atoms with Crippen LogP contribution in [0.1, 0.15) is 34.1 Å². The maximum Gasteiger partial charge on any atom is 0.353 e. The van der Waals surface area contributed by atoms with Crippen molar-refractivity contribution >= 4 is 24.1 Å². The molecule has 1 amide bonds. The van der Waals surface area contributed by atoms with Crippen LogP contribution in [-0.2, 0) is 9.59 Å². The Bertz CT molecular complexity index is 384. The molecule has 1 aliphatic rings. The van der Waals surface area contributed by atoms with E-state index in [1.165, 1.54) is 23.6 Å². The summed E-state index contributed by atoms with van der Waals surface area (Å²) in [6.45, 7) is 9.96. The number of carbonyl (C=O) groups excluding carboxylic acids is 1. The topological polar surface area (TPSA) is 80.7 Å². The molecule has 0 aliphatic carbocycles. The van der Waals surface area contributed by atoms with Crippen molar-refractivity contribution in [2.24, 2.45) is 0 Å². The van der Waals surface area contributed by atoms with Crippen LogP contribution >= 0.6 is 11.8 Å². The zero-order valence-corrected chi connectivity index (χ0v) is 11.8. The third-order valence-corrected chi connectivity index (χ3v) is 3.51. The number of nitrogens with zero attached hydrogens (tertiary/aromatic N) is 1. The summed E-state index contributed by atoms with van der Waals surface area (Å²) in [6.07, 6.45) is 1.22. The van der Waals surface area contributed by atoms with Gasteiger partial charge in [-0.15, -0.1) is 12.3 Å². The monoisotopic (exact) mass is 272 g/mol. The first-order valence-electron chi connectivity index (χ1n) is 5.40. The van der Waals surface area contributed by atoms with Crippen LogP contribution in [0.3, 0.4) is 0 Å². The standard InChI is InChI=1S/C9H13NO3S.C3H6O/c1-4-6-7(8(12)13)10(5-11)9(2,3)14-6;1-3(2)4/h5H,4H2,1-3H3,(H,12,13);4H,1H2,2H3/p-1. The molecule has 0 saturated heterocycles. The van der Waals surface area contributed by atoms with Crippen molar-refractivity contribution in [3.8, 4) is 0 Å². The van der Waals surface area contributed by atoms with E-state index in [9.17, 15) is 14.7 Å². The van der Waals surface area contributed by atoms with Crippen molar-refractivity contribution < 1.29 is 19.8 Å². The van der Waals surface area contributed by atoms with Crippen molar-refractivity contribution in [3.05, 3.63) is 22.9 Å². The predicted molar refractivity (Wildman–Crippen MR) is 69.3 cm³/mol. The molecule has 1 rings (SSSR count). The van der Waals surface area contributed by atoms with Gasteiger partial charge in [-0.05, 0) is 20.3 Å². The lowest BCUT2D eigenvalue weighted by molar-refractivity contribution is -0.300. The molecule has 102 valence electrons. The van der Waals surface area contributed by atoms with Gasteiger partial charge in [0.05, 0.1) is 4.87 Å². The summed E-state index contributed by atoms with van der Waals surface area (Å²) in [5, 5.41) is 18.3. The molecule has 6 heteroatoms. The quantitative estimate of drug-likeness (QED) is 0.622. The number of aliphatic carboxylic acids is 1. The Balaban J connectivity index is 0.000000631. The molecule has 1 N–H and O–H groups in total. The van der Waals surface area contributed by atoms with E-state index in [4.69, 9.17) is 5.11 Å². The smallest absolute Gasteiger partial charge is 0.353 e. The van der Waals surface area contributed by atoms with E-state index in [0.29, 0.717) is 12.8 Å². The number of hydrogen-bond donors (Lipinski definition) is 1. The van der Waals surface area contributed by atoms with Crippen LogP contribution in [0.25, 0.3) is 0 Å². The van der Waals surface area contributed by atoms with Gasteiger partial charge in [0.2, 0.25) is 6.41 Å². The van der Waals surface area contributed by atoms with Crippen molar-refractivity contribution in [1.29, 1.82) is 0 Å². The second-order valence-corrected chi connectivity index (χ2v) is 5.85. The summed E-state index contributed by atoms with van der Waals surface area (Å²) in [5.41, 5.74) is 0.123. The summed E-state index contributed by atoms with van der Waals surface area (Å²) in [5.74, 6) is -1.12. The van der Waals surface area contributed by atoms with Gasteiger partial charge in [0.25, 0.3) is 0 Å². The summed E-state index contributed by atoms with van der Waals surface area (Å²) in [6, 6.07) is 0. The van der Waals surface area contributed by atoms with E-state index in [-0.39, 0.29) is 11.5 Å². The van der Waals surface area contributed by atoms with Crippen LogP contribution in [0.2, 0.25) is 0 Å². The Morgan fingerprint density at radius 1 is 1.61 bits per heavy atom. The van der Waals surface area contributed by atoms with Crippen molar-refractivity contribution in [2.75, 3.05) is 0 Å². The molecule has 0 bridgehead atoms. The Morgan fingerprint density at radius 2 is 2.06 bits per heavy atom. The minimum Gasteiger partial charge on any atom is -0.876 e. The minimum atomic E-state index is -1.04. The van der Waals surface area contributed by atoms with E-state index in [1.807, 2.05) is 20.8 Å². The van der Waals surface area contributed by atoms with Crippen LogP contribution in [-0.4, -0.2) is 27.3 Å². The van der Waals surface area contributed by atoms with Crippen LogP contribution in [0.5, 0.6) is 0 Å². The van der Waals surface area contributed by atoms with Gasteiger partial charge >= 0.3 is 5.97 Å². The van der Waals surface area contributed by atoms with Gasteiger partial charge in [0.15, 0.2) is 0 Å². The lowest BCUT2D eigenvalue weighted by atomic mass is 10.2. The average Bonchev–Trinajstić information content (AvgIpc) is 2.47. The highest BCUT2D eigenvalue weighted by Gasteiger charge is 2.41. The molecule has 0 atom stereocenters. The molecule has 18 heavy (non-hydrogen) atoms. The first-order valence-corrected chi connectivity index (χ1v) is 6.21. The van der Waals surface area contributed by atoms with Crippen LogP contribution in [0.4, 0.5) is 0 Å². The van der Waals surface area contributed by atoms with Crippen molar-refractivity contribution in [1.82, 2.24) is 4.90 Å². The zero-order valence-electron chi connectivity index (χ0n) is 11.0. The number of carboxylic acid groups (broad SMARTS) is 1. The number of hydrogen-bond acceptors (Lipinski definition) is 4. The second-order valence-electron chi connectivity index (χ2n) is 4.16.